The number of benzene rings is 2. The minimum Gasteiger partial charge on any atom is -0.497 e. The number of thioether (sulfide) groups is 1. The Morgan fingerprint density at radius 2 is 1.74 bits per heavy atom. The van der Waals surface area contributed by atoms with Gasteiger partial charge in [-0.05, 0) is 87.1 Å². The first-order valence-electron chi connectivity index (χ1n) is 17.3. The molecule has 0 amide bonds. The first-order valence-corrected chi connectivity index (χ1v) is 21.3. The molecule has 252 valence electrons. The Morgan fingerprint density at radius 1 is 1.04 bits per heavy atom. The van der Waals surface area contributed by atoms with Gasteiger partial charge in [0.1, 0.15) is 33.6 Å². The van der Waals surface area contributed by atoms with E-state index in [1.54, 1.807) is 7.11 Å². The van der Waals surface area contributed by atoms with Crippen LogP contribution in [0.5, 0.6) is 17.2 Å². The zero-order chi connectivity index (χ0) is 32.8. The monoisotopic (exact) mass is 729 g/mol. The van der Waals surface area contributed by atoms with Gasteiger partial charge >= 0.3 is 0 Å². The average Bonchev–Trinajstić information content (AvgIpc) is 3.81. The highest BCUT2D eigenvalue weighted by Crippen LogP contribution is 2.61. The Bertz CT molecular complexity index is 1390. The zero-order valence-corrected chi connectivity index (χ0v) is 32.0. The number of hydrogen-bond acceptors (Lipinski definition) is 7. The predicted octanol–water partition coefficient (Wildman–Crippen LogP) is 8.96. The highest BCUT2D eigenvalue weighted by molar-refractivity contribution is 9.10. The van der Waals surface area contributed by atoms with Crippen molar-refractivity contribution in [3.05, 3.63) is 51.5 Å². The predicted molar refractivity (Wildman–Crippen MR) is 193 cm³/mol. The van der Waals surface area contributed by atoms with Crippen molar-refractivity contribution in [2.45, 2.75) is 125 Å². The summed E-state index contributed by atoms with van der Waals surface area (Å²) < 4.78 is 26.9. The summed E-state index contributed by atoms with van der Waals surface area (Å²) in [6.07, 6.45) is 4.13. The summed E-state index contributed by atoms with van der Waals surface area (Å²) in [5, 5.41) is 4.03. The first kappa shape index (κ1) is 34.3. The molecule has 2 aliphatic carbocycles. The third-order valence-electron chi connectivity index (χ3n) is 11.2. The van der Waals surface area contributed by atoms with E-state index in [2.05, 4.69) is 81.0 Å². The van der Waals surface area contributed by atoms with Gasteiger partial charge in [-0.3, -0.25) is 4.79 Å². The van der Waals surface area contributed by atoms with Gasteiger partial charge in [-0.2, -0.15) is 11.8 Å². The van der Waals surface area contributed by atoms with Crippen molar-refractivity contribution < 1.29 is 23.4 Å². The normalized spacial score (nSPS) is 25.8. The van der Waals surface area contributed by atoms with E-state index in [1.165, 1.54) is 29.5 Å². The molecule has 0 bridgehead atoms. The molecule has 9 heteroatoms. The molecule has 1 N–H and O–H groups in total. The summed E-state index contributed by atoms with van der Waals surface area (Å²) in [6, 6.07) is 10.7. The fourth-order valence-corrected chi connectivity index (χ4v) is 16.4. The molecule has 0 aromatic heterocycles. The maximum Gasteiger partial charge on any atom is 0.200 e. The van der Waals surface area contributed by atoms with Crippen LogP contribution in [0.1, 0.15) is 90.3 Å². The number of halogens is 1. The molecule has 0 saturated heterocycles. The van der Waals surface area contributed by atoms with Gasteiger partial charge in [-0.1, -0.05) is 53.7 Å². The van der Waals surface area contributed by atoms with Crippen LogP contribution in [-0.2, 0) is 26.9 Å². The molecular formula is C37H52BrNO5SSi. The van der Waals surface area contributed by atoms with Crippen LogP contribution < -0.4 is 19.5 Å². The summed E-state index contributed by atoms with van der Waals surface area (Å²) in [5.74, 6) is 4.35. The van der Waals surface area contributed by atoms with Crippen molar-refractivity contribution in [2.75, 3.05) is 20.3 Å². The third-order valence-corrected chi connectivity index (χ3v) is 19.5. The van der Waals surface area contributed by atoms with Crippen LogP contribution in [0.25, 0.3) is 0 Å². The number of Topliss-reactive ketones (excluding diaryl/α,β-unsaturated/α-hetero) is 1. The van der Waals surface area contributed by atoms with E-state index in [-0.39, 0.29) is 28.6 Å². The molecule has 2 fully saturated rings. The van der Waals surface area contributed by atoms with Crippen LogP contribution in [0.3, 0.4) is 0 Å². The van der Waals surface area contributed by atoms with Gasteiger partial charge in [0.15, 0.2) is 8.32 Å². The van der Waals surface area contributed by atoms with Crippen molar-refractivity contribution in [3.63, 3.8) is 0 Å². The average molecular weight is 731 g/mol. The van der Waals surface area contributed by atoms with Crippen LogP contribution in [-0.4, -0.2) is 51.8 Å². The highest BCUT2D eigenvalue weighted by atomic mass is 79.9. The first-order chi connectivity index (χ1) is 22.0. The van der Waals surface area contributed by atoms with Gasteiger partial charge in [-0.15, -0.1) is 0 Å². The fraction of sp³-hybridized carbons (Fsp3) is 0.649. The maximum absolute atomic E-state index is 13.4. The molecule has 2 saturated carbocycles. The molecule has 2 aliphatic heterocycles. The van der Waals surface area contributed by atoms with E-state index in [4.69, 9.17) is 18.6 Å². The van der Waals surface area contributed by atoms with Crippen molar-refractivity contribution in [1.29, 1.82) is 0 Å². The fourth-order valence-electron chi connectivity index (χ4n) is 8.79. The molecule has 2 aromatic carbocycles. The number of ketones is 1. The van der Waals surface area contributed by atoms with Gasteiger partial charge in [0, 0.05) is 48.6 Å². The zero-order valence-electron chi connectivity index (χ0n) is 28.6. The number of methoxy groups -OCH3 is 1. The van der Waals surface area contributed by atoms with Crippen LogP contribution >= 0.6 is 27.7 Å². The van der Waals surface area contributed by atoms with Gasteiger partial charge in [0.05, 0.1) is 19.1 Å². The molecule has 2 aromatic rings. The summed E-state index contributed by atoms with van der Waals surface area (Å²) in [5.41, 5.74) is 4.98. The Morgan fingerprint density at radius 3 is 2.37 bits per heavy atom. The van der Waals surface area contributed by atoms with E-state index >= 15 is 0 Å². The number of ether oxygens (including phenoxy) is 3. The van der Waals surface area contributed by atoms with Crippen LogP contribution in [0.15, 0.2) is 34.8 Å². The van der Waals surface area contributed by atoms with E-state index in [0.717, 1.165) is 47.0 Å². The summed E-state index contributed by atoms with van der Waals surface area (Å²) in [6.45, 7) is 16.3. The van der Waals surface area contributed by atoms with Gasteiger partial charge < -0.3 is 24.0 Å². The number of hydrogen-bond donors (Lipinski definition) is 1. The van der Waals surface area contributed by atoms with E-state index in [9.17, 15) is 4.79 Å². The lowest BCUT2D eigenvalue weighted by molar-refractivity contribution is -0.124. The number of carbonyl (C=O) groups is 1. The lowest BCUT2D eigenvalue weighted by atomic mass is 9.64. The molecule has 2 heterocycles. The molecule has 0 radical (unpaired) electrons. The Balaban J connectivity index is 1.38. The van der Waals surface area contributed by atoms with Crippen molar-refractivity contribution >= 4 is 41.8 Å². The second-order valence-corrected chi connectivity index (χ2v) is 22.4. The third kappa shape index (κ3) is 6.33. The minimum absolute atomic E-state index is 0.0793. The van der Waals surface area contributed by atoms with Crippen molar-refractivity contribution in [1.82, 2.24) is 5.32 Å². The Hall–Kier alpha value is -1.52. The number of nitrogens with one attached hydrogen (secondary N) is 1. The van der Waals surface area contributed by atoms with Gasteiger partial charge in [0.2, 0.25) is 0 Å². The highest BCUT2D eigenvalue weighted by Gasteiger charge is 2.61. The van der Waals surface area contributed by atoms with Gasteiger partial charge in [0.25, 0.3) is 0 Å². The lowest BCUT2D eigenvalue weighted by Gasteiger charge is -2.46. The largest absolute Gasteiger partial charge is 0.497 e. The molecule has 46 heavy (non-hydrogen) atoms. The number of carbonyl (C=O) groups excluding carboxylic acids is 1. The quantitative estimate of drug-likeness (QED) is 0.207. The molecule has 4 atom stereocenters. The smallest absolute Gasteiger partial charge is 0.200 e. The molecule has 4 aliphatic rings. The summed E-state index contributed by atoms with van der Waals surface area (Å²) in [7, 11) is -0.373. The summed E-state index contributed by atoms with van der Waals surface area (Å²) in [4.78, 5) is 13.4. The van der Waals surface area contributed by atoms with Crippen molar-refractivity contribution in [3.8, 4) is 17.2 Å². The van der Waals surface area contributed by atoms with Crippen LogP contribution in [0, 0.1) is 5.92 Å². The molecular weight excluding hydrogens is 678 g/mol. The van der Waals surface area contributed by atoms with Gasteiger partial charge in [-0.25, -0.2) is 0 Å². The number of rotatable bonds is 13. The SMILES string of the molecule is COc1ccc(CS[C@@H]2CC(=O)C[C@H]3Oc4c(Br)c(OCC5CC5)cc5c4C32C[C@@H](CO[Si](C(C)C)(C(C)C)C(C)C)NC5)cc1. The second-order valence-electron chi connectivity index (χ2n) is 15.0. The van der Waals surface area contributed by atoms with E-state index < -0.39 is 8.32 Å². The second kappa shape index (κ2) is 13.8. The van der Waals surface area contributed by atoms with Crippen molar-refractivity contribution in [2.24, 2.45) is 5.92 Å². The van der Waals surface area contributed by atoms with E-state index in [1.807, 2.05) is 23.9 Å². The molecule has 1 spiro atoms. The summed E-state index contributed by atoms with van der Waals surface area (Å²) >= 11 is 5.83. The molecule has 1 unspecified atom stereocenters. The van der Waals surface area contributed by atoms with Crippen LogP contribution in [0.4, 0.5) is 0 Å². The molecule has 6 rings (SSSR count). The lowest BCUT2D eigenvalue weighted by Crippen LogP contribution is -2.56. The standard InChI is InChI=1S/C37H52BrNO5SSi/c1-22(2)46(23(3)4,24(5)6)43-20-28-17-37-32(15-29(40)16-33(37)45-21-26-10-12-30(41-7)13-11-26)44-36-34(37)27(18-39-28)14-31(35(36)38)42-19-25-8-9-25/h10-14,22-25,28,32-33,39H,8-9,15-21H2,1-7H3/t28-,32+,33+,37?/m0/s1. The topological polar surface area (TPSA) is 66.0 Å². The maximum atomic E-state index is 13.4. The Labute approximate surface area is 289 Å². The Kier molecular flexibility index (Phi) is 10.3. The minimum atomic E-state index is -2.07. The van der Waals surface area contributed by atoms with Crippen LogP contribution in [0.2, 0.25) is 16.6 Å². The molecule has 6 nitrogen and oxygen atoms in total. The van der Waals surface area contributed by atoms with E-state index in [0.29, 0.717) is 42.0 Å².